The van der Waals surface area contributed by atoms with Crippen LogP contribution in [-0.2, 0) is 9.53 Å². The summed E-state index contributed by atoms with van der Waals surface area (Å²) in [6.45, 7) is 2.13. The zero-order chi connectivity index (χ0) is 14.8. The molecule has 1 aromatic rings. The molecule has 0 aromatic carbocycles. The molecule has 0 bridgehead atoms. The summed E-state index contributed by atoms with van der Waals surface area (Å²) in [5.74, 6) is -0.870. The number of hydrogen-bond donors (Lipinski definition) is 2. The topological polar surface area (TPSA) is 88.5 Å². The van der Waals surface area contributed by atoms with Gasteiger partial charge in [0, 0.05) is 11.9 Å². The number of pyridine rings is 1. The van der Waals surface area contributed by atoms with Gasteiger partial charge in [-0.15, -0.1) is 0 Å². The number of alkyl carbamates (subject to hydrolysis) is 1. The first-order valence-electron chi connectivity index (χ1n) is 6.00. The standard InChI is InChI=1S/C12H16N2O4S2/c1-2-7-18-12(17)14-9(11(15)16)8-19-20-10-5-3-4-6-13-10/h3-6,9H,2,7-8H2,1H3,(H,14,17)(H,15,16). The zero-order valence-electron chi connectivity index (χ0n) is 10.9. The van der Waals surface area contributed by atoms with Gasteiger partial charge in [0.25, 0.3) is 0 Å². The molecule has 6 nitrogen and oxygen atoms in total. The number of nitrogens with one attached hydrogen (secondary N) is 1. The van der Waals surface area contributed by atoms with Crippen LogP contribution in [0.15, 0.2) is 29.4 Å². The van der Waals surface area contributed by atoms with Gasteiger partial charge in [0.15, 0.2) is 0 Å². The van der Waals surface area contributed by atoms with Gasteiger partial charge < -0.3 is 15.2 Å². The van der Waals surface area contributed by atoms with Crippen LogP contribution in [0.25, 0.3) is 0 Å². The molecule has 1 atom stereocenters. The third-order valence-electron chi connectivity index (χ3n) is 2.04. The second kappa shape index (κ2) is 9.49. The molecule has 20 heavy (non-hydrogen) atoms. The predicted octanol–water partition coefficient (Wildman–Crippen LogP) is 2.41. The smallest absolute Gasteiger partial charge is 0.407 e. The number of carbonyl (C=O) groups is 2. The van der Waals surface area contributed by atoms with E-state index in [4.69, 9.17) is 9.84 Å². The lowest BCUT2D eigenvalue weighted by molar-refractivity contribution is -0.138. The minimum absolute atomic E-state index is 0.220. The minimum Gasteiger partial charge on any atom is -0.480 e. The Balaban J connectivity index is 2.35. The highest BCUT2D eigenvalue weighted by molar-refractivity contribution is 8.76. The van der Waals surface area contributed by atoms with Gasteiger partial charge in [0.2, 0.25) is 0 Å². The van der Waals surface area contributed by atoms with E-state index in [2.05, 4.69) is 10.3 Å². The van der Waals surface area contributed by atoms with Gasteiger partial charge in [-0.2, -0.15) is 0 Å². The van der Waals surface area contributed by atoms with Gasteiger partial charge >= 0.3 is 12.1 Å². The van der Waals surface area contributed by atoms with Gasteiger partial charge in [-0.3, -0.25) is 0 Å². The molecule has 110 valence electrons. The molecule has 1 rings (SSSR count). The van der Waals surface area contributed by atoms with Gasteiger partial charge in [0.1, 0.15) is 11.1 Å². The molecule has 1 unspecified atom stereocenters. The average molecular weight is 316 g/mol. The molecular weight excluding hydrogens is 300 g/mol. The van der Waals surface area contributed by atoms with Gasteiger partial charge in [-0.1, -0.05) is 23.8 Å². The molecule has 0 spiro atoms. The highest BCUT2D eigenvalue weighted by Crippen LogP contribution is 2.29. The van der Waals surface area contributed by atoms with Crippen molar-refractivity contribution >= 4 is 33.7 Å². The van der Waals surface area contributed by atoms with E-state index in [0.29, 0.717) is 6.42 Å². The number of ether oxygens (including phenoxy) is 1. The Morgan fingerprint density at radius 1 is 1.50 bits per heavy atom. The molecule has 0 aliphatic rings. The number of carboxylic acid groups (broad SMARTS) is 1. The van der Waals surface area contributed by atoms with E-state index in [1.54, 1.807) is 12.3 Å². The normalized spacial score (nSPS) is 11.7. The number of aliphatic carboxylic acids is 1. The number of carboxylic acids is 1. The molecule has 0 saturated heterocycles. The van der Waals surface area contributed by atoms with Gasteiger partial charge in [-0.25, -0.2) is 14.6 Å². The van der Waals surface area contributed by atoms with Crippen LogP contribution in [0.5, 0.6) is 0 Å². The first-order chi connectivity index (χ1) is 9.63. The first kappa shape index (κ1) is 16.6. The van der Waals surface area contributed by atoms with Crippen molar-refractivity contribution in [3.63, 3.8) is 0 Å². The number of aromatic nitrogens is 1. The molecule has 0 aliphatic carbocycles. The highest BCUT2D eigenvalue weighted by Gasteiger charge is 2.20. The molecule has 0 aliphatic heterocycles. The Bertz CT molecular complexity index is 431. The van der Waals surface area contributed by atoms with Crippen molar-refractivity contribution in [1.82, 2.24) is 10.3 Å². The molecule has 0 fully saturated rings. The Morgan fingerprint density at radius 2 is 2.30 bits per heavy atom. The van der Waals surface area contributed by atoms with Crippen LogP contribution < -0.4 is 5.32 Å². The quantitative estimate of drug-likeness (QED) is 0.712. The van der Waals surface area contributed by atoms with Crippen molar-refractivity contribution in [1.29, 1.82) is 0 Å². The SMILES string of the molecule is CCCOC(=O)NC(CSSc1ccccn1)C(=O)O. The van der Waals surface area contributed by atoms with E-state index in [1.165, 1.54) is 21.6 Å². The lowest BCUT2D eigenvalue weighted by Gasteiger charge is -2.13. The second-order valence-electron chi connectivity index (χ2n) is 3.71. The summed E-state index contributed by atoms with van der Waals surface area (Å²) in [6.07, 6.45) is 1.65. The fourth-order valence-electron chi connectivity index (χ4n) is 1.11. The third kappa shape index (κ3) is 6.67. The summed E-state index contributed by atoms with van der Waals surface area (Å²) >= 11 is 0. The fraction of sp³-hybridized carbons (Fsp3) is 0.417. The number of rotatable bonds is 8. The van der Waals surface area contributed by atoms with Crippen molar-refractivity contribution in [2.75, 3.05) is 12.4 Å². The Labute approximate surface area is 125 Å². The van der Waals surface area contributed by atoms with Gasteiger partial charge in [0.05, 0.1) is 6.61 Å². The first-order valence-corrected chi connectivity index (χ1v) is 8.32. The van der Waals surface area contributed by atoms with Crippen molar-refractivity contribution in [2.45, 2.75) is 24.4 Å². The maximum Gasteiger partial charge on any atom is 0.407 e. The zero-order valence-corrected chi connectivity index (χ0v) is 12.6. The maximum atomic E-state index is 11.3. The number of nitrogens with zero attached hydrogens (tertiary/aromatic N) is 1. The van der Waals surface area contributed by atoms with Gasteiger partial charge in [-0.05, 0) is 29.3 Å². The van der Waals surface area contributed by atoms with Crippen LogP contribution >= 0.6 is 21.6 Å². The molecule has 1 heterocycles. The average Bonchev–Trinajstić information content (AvgIpc) is 2.45. The largest absolute Gasteiger partial charge is 0.480 e. The van der Waals surface area contributed by atoms with E-state index < -0.39 is 18.1 Å². The van der Waals surface area contributed by atoms with Crippen LogP contribution in [0.1, 0.15) is 13.3 Å². The Morgan fingerprint density at radius 3 is 2.90 bits per heavy atom. The number of amides is 1. The van der Waals surface area contributed by atoms with Crippen molar-refractivity contribution in [3.8, 4) is 0 Å². The highest BCUT2D eigenvalue weighted by atomic mass is 33.1. The lowest BCUT2D eigenvalue weighted by atomic mass is 10.3. The fourth-order valence-corrected chi connectivity index (χ4v) is 3.17. The molecule has 1 amide bonds. The Kier molecular flexibility index (Phi) is 7.89. The summed E-state index contributed by atoms with van der Waals surface area (Å²) < 4.78 is 4.79. The molecule has 0 saturated carbocycles. The van der Waals surface area contributed by atoms with Crippen LogP contribution in [-0.4, -0.2) is 40.6 Å². The van der Waals surface area contributed by atoms with Crippen LogP contribution in [0.4, 0.5) is 4.79 Å². The van der Waals surface area contributed by atoms with E-state index in [9.17, 15) is 9.59 Å². The predicted molar refractivity (Wildman–Crippen MR) is 78.8 cm³/mol. The molecule has 1 aromatic heterocycles. The van der Waals surface area contributed by atoms with E-state index >= 15 is 0 Å². The summed E-state index contributed by atoms with van der Waals surface area (Å²) in [6, 6.07) is 4.50. The summed E-state index contributed by atoms with van der Waals surface area (Å²) in [5, 5.41) is 12.1. The molecule has 2 N–H and O–H groups in total. The summed E-state index contributed by atoms with van der Waals surface area (Å²) in [4.78, 5) is 26.5. The molecular formula is C12H16N2O4S2. The van der Waals surface area contributed by atoms with Crippen LogP contribution in [0.3, 0.4) is 0 Å². The monoisotopic (exact) mass is 316 g/mol. The Hall–Kier alpha value is -1.41. The minimum atomic E-state index is -1.09. The molecule has 0 radical (unpaired) electrons. The van der Waals surface area contributed by atoms with Crippen molar-refractivity contribution < 1.29 is 19.4 Å². The van der Waals surface area contributed by atoms with Crippen LogP contribution in [0, 0.1) is 0 Å². The van der Waals surface area contributed by atoms with E-state index in [-0.39, 0.29) is 12.4 Å². The van der Waals surface area contributed by atoms with E-state index in [1.807, 2.05) is 19.1 Å². The van der Waals surface area contributed by atoms with Crippen molar-refractivity contribution in [2.24, 2.45) is 0 Å². The van der Waals surface area contributed by atoms with Crippen molar-refractivity contribution in [3.05, 3.63) is 24.4 Å². The lowest BCUT2D eigenvalue weighted by Crippen LogP contribution is -2.42. The number of carbonyl (C=O) groups excluding carboxylic acids is 1. The molecule has 8 heteroatoms. The maximum absolute atomic E-state index is 11.3. The van der Waals surface area contributed by atoms with E-state index in [0.717, 1.165) is 5.03 Å². The third-order valence-corrected chi connectivity index (χ3v) is 4.32. The summed E-state index contributed by atoms with van der Waals surface area (Å²) in [7, 11) is 2.67. The summed E-state index contributed by atoms with van der Waals surface area (Å²) in [5.41, 5.74) is 0. The second-order valence-corrected chi connectivity index (χ2v) is 6.07. The number of hydrogen-bond acceptors (Lipinski definition) is 6. The van der Waals surface area contributed by atoms with Crippen LogP contribution in [0.2, 0.25) is 0 Å².